The van der Waals surface area contributed by atoms with Gasteiger partial charge in [0, 0.05) is 19.0 Å². The molecule has 2 fully saturated rings. The van der Waals surface area contributed by atoms with E-state index in [2.05, 4.69) is 6.92 Å². The lowest BCUT2D eigenvalue weighted by atomic mass is 9.79. The van der Waals surface area contributed by atoms with Crippen molar-refractivity contribution < 1.29 is 14.7 Å². The Morgan fingerprint density at radius 2 is 1.80 bits per heavy atom. The molecule has 1 saturated heterocycles. The van der Waals surface area contributed by atoms with Crippen LogP contribution in [0.1, 0.15) is 58.3 Å². The number of rotatable bonds is 5. The lowest BCUT2D eigenvalue weighted by Gasteiger charge is -2.30. The Hall–Kier alpha value is -1.06. The molecule has 1 unspecified atom stereocenters. The topological polar surface area (TPSA) is 57.6 Å². The molecule has 0 bridgehead atoms. The predicted molar refractivity (Wildman–Crippen MR) is 77.3 cm³/mol. The molecule has 1 atom stereocenters. The van der Waals surface area contributed by atoms with Crippen LogP contribution in [0.5, 0.6) is 0 Å². The number of likely N-dealkylation sites (tertiary alicyclic amines) is 1. The Kier molecular flexibility index (Phi) is 5.44. The van der Waals surface area contributed by atoms with Crippen molar-refractivity contribution in [3.63, 3.8) is 0 Å². The molecule has 2 aliphatic rings. The molecule has 4 nitrogen and oxygen atoms in total. The van der Waals surface area contributed by atoms with Gasteiger partial charge in [-0.25, -0.2) is 0 Å². The maximum Gasteiger partial charge on any atom is 0.308 e. The van der Waals surface area contributed by atoms with Crippen LogP contribution in [0.15, 0.2) is 0 Å². The average molecular weight is 281 g/mol. The molecule has 0 aromatic carbocycles. The normalized spacial score (nSPS) is 30.4. The Bertz CT molecular complexity index is 348. The molecule has 1 aliphatic heterocycles. The van der Waals surface area contributed by atoms with Gasteiger partial charge in [0.25, 0.3) is 0 Å². The zero-order valence-corrected chi connectivity index (χ0v) is 12.5. The van der Waals surface area contributed by atoms with E-state index in [0.717, 1.165) is 18.8 Å². The molecule has 0 aromatic heterocycles. The van der Waals surface area contributed by atoms with E-state index in [4.69, 9.17) is 5.11 Å². The van der Waals surface area contributed by atoms with E-state index in [-0.39, 0.29) is 17.7 Å². The minimum atomic E-state index is -0.761. The van der Waals surface area contributed by atoms with E-state index in [9.17, 15) is 9.59 Å². The van der Waals surface area contributed by atoms with Gasteiger partial charge in [-0.05, 0) is 38.0 Å². The molecule has 1 saturated carbocycles. The molecule has 1 amide bonds. The first kappa shape index (κ1) is 15.3. The molecule has 1 heterocycles. The maximum absolute atomic E-state index is 12.4. The third kappa shape index (κ3) is 3.74. The Balaban J connectivity index is 1.76. The van der Waals surface area contributed by atoms with Gasteiger partial charge in [0.1, 0.15) is 0 Å². The number of carboxylic acid groups (broad SMARTS) is 1. The Morgan fingerprint density at radius 3 is 2.35 bits per heavy atom. The minimum absolute atomic E-state index is 0.153. The molecule has 0 aromatic rings. The number of carbonyl (C=O) groups excluding carboxylic acids is 1. The van der Waals surface area contributed by atoms with E-state index in [1.165, 1.54) is 32.1 Å². The highest BCUT2D eigenvalue weighted by Gasteiger charge is 2.35. The van der Waals surface area contributed by atoms with Crippen molar-refractivity contribution in [2.45, 2.75) is 58.3 Å². The molecule has 1 aliphatic carbocycles. The second kappa shape index (κ2) is 7.09. The molecule has 20 heavy (non-hydrogen) atoms. The second-order valence-corrected chi connectivity index (χ2v) is 6.47. The van der Waals surface area contributed by atoms with Crippen LogP contribution in [0, 0.1) is 17.8 Å². The Labute approximate surface area is 121 Å². The summed E-state index contributed by atoms with van der Waals surface area (Å²) < 4.78 is 0. The summed E-state index contributed by atoms with van der Waals surface area (Å²) in [6, 6.07) is 0. The van der Waals surface area contributed by atoms with E-state index in [1.54, 1.807) is 4.90 Å². The number of nitrogens with zero attached hydrogens (tertiary/aromatic N) is 1. The lowest BCUT2D eigenvalue weighted by Crippen LogP contribution is -2.36. The summed E-state index contributed by atoms with van der Waals surface area (Å²) in [5.74, 6) is 0.0656. The van der Waals surface area contributed by atoms with E-state index < -0.39 is 5.97 Å². The van der Waals surface area contributed by atoms with E-state index in [0.29, 0.717) is 19.5 Å². The zero-order valence-electron chi connectivity index (χ0n) is 12.5. The highest BCUT2D eigenvalue weighted by Crippen LogP contribution is 2.33. The van der Waals surface area contributed by atoms with Gasteiger partial charge in [-0.15, -0.1) is 0 Å². The first-order valence-electron chi connectivity index (χ1n) is 8.13. The SMILES string of the molecule is CCCCC1CCC(C(=O)N2CCC(C(=O)O)C2)CC1. The van der Waals surface area contributed by atoms with Gasteiger partial charge in [-0.2, -0.15) is 0 Å². The Morgan fingerprint density at radius 1 is 1.10 bits per heavy atom. The summed E-state index contributed by atoms with van der Waals surface area (Å²) in [6.07, 6.45) is 8.83. The smallest absolute Gasteiger partial charge is 0.308 e. The van der Waals surface area contributed by atoms with Crippen LogP contribution < -0.4 is 0 Å². The van der Waals surface area contributed by atoms with Crippen LogP contribution in [-0.4, -0.2) is 35.0 Å². The summed E-state index contributed by atoms with van der Waals surface area (Å²) in [4.78, 5) is 25.2. The minimum Gasteiger partial charge on any atom is -0.481 e. The summed E-state index contributed by atoms with van der Waals surface area (Å²) in [5, 5.41) is 9.00. The number of carbonyl (C=O) groups is 2. The highest BCUT2D eigenvalue weighted by atomic mass is 16.4. The van der Waals surface area contributed by atoms with Crippen molar-refractivity contribution in [2.24, 2.45) is 17.8 Å². The van der Waals surface area contributed by atoms with Crippen molar-refractivity contribution >= 4 is 11.9 Å². The van der Waals surface area contributed by atoms with Gasteiger partial charge in [-0.1, -0.05) is 26.2 Å². The van der Waals surface area contributed by atoms with Gasteiger partial charge in [0.05, 0.1) is 5.92 Å². The molecule has 114 valence electrons. The van der Waals surface area contributed by atoms with Crippen LogP contribution in [0.2, 0.25) is 0 Å². The number of carboxylic acids is 1. The van der Waals surface area contributed by atoms with Gasteiger partial charge < -0.3 is 10.0 Å². The molecule has 0 radical (unpaired) electrons. The van der Waals surface area contributed by atoms with Crippen molar-refractivity contribution in [3.05, 3.63) is 0 Å². The number of hydrogen-bond donors (Lipinski definition) is 1. The summed E-state index contributed by atoms with van der Waals surface area (Å²) in [6.45, 7) is 3.27. The second-order valence-electron chi connectivity index (χ2n) is 6.47. The fourth-order valence-corrected chi connectivity index (χ4v) is 3.61. The largest absolute Gasteiger partial charge is 0.481 e. The van der Waals surface area contributed by atoms with E-state index in [1.807, 2.05) is 0 Å². The van der Waals surface area contributed by atoms with Gasteiger partial charge in [0.15, 0.2) is 0 Å². The van der Waals surface area contributed by atoms with Crippen molar-refractivity contribution in [1.29, 1.82) is 0 Å². The van der Waals surface area contributed by atoms with Crippen LogP contribution in [0.3, 0.4) is 0 Å². The van der Waals surface area contributed by atoms with Crippen molar-refractivity contribution in [1.82, 2.24) is 4.90 Å². The molecule has 1 N–H and O–H groups in total. The first-order chi connectivity index (χ1) is 9.61. The van der Waals surface area contributed by atoms with Crippen molar-refractivity contribution in [3.8, 4) is 0 Å². The lowest BCUT2D eigenvalue weighted by molar-refractivity contribution is -0.141. The molecular weight excluding hydrogens is 254 g/mol. The van der Waals surface area contributed by atoms with Crippen LogP contribution >= 0.6 is 0 Å². The zero-order chi connectivity index (χ0) is 14.5. The van der Waals surface area contributed by atoms with Crippen LogP contribution in [0.25, 0.3) is 0 Å². The van der Waals surface area contributed by atoms with Crippen LogP contribution in [0.4, 0.5) is 0 Å². The standard InChI is InChI=1S/C16H27NO3/c1-2-3-4-12-5-7-13(8-6-12)15(18)17-10-9-14(11-17)16(19)20/h12-14H,2-11H2,1H3,(H,19,20). The molecular formula is C16H27NO3. The summed E-state index contributed by atoms with van der Waals surface area (Å²) in [5.41, 5.74) is 0. The fourth-order valence-electron chi connectivity index (χ4n) is 3.61. The number of amides is 1. The van der Waals surface area contributed by atoms with Gasteiger partial charge in [0.2, 0.25) is 5.91 Å². The number of aliphatic carboxylic acids is 1. The average Bonchev–Trinajstić information content (AvgIpc) is 2.95. The molecule has 4 heteroatoms. The third-order valence-electron chi connectivity index (χ3n) is 5.01. The number of unbranched alkanes of at least 4 members (excludes halogenated alkanes) is 1. The highest BCUT2D eigenvalue weighted by molar-refractivity contribution is 5.80. The summed E-state index contributed by atoms with van der Waals surface area (Å²) >= 11 is 0. The van der Waals surface area contributed by atoms with Crippen LogP contribution in [-0.2, 0) is 9.59 Å². The monoisotopic (exact) mass is 281 g/mol. The van der Waals surface area contributed by atoms with Gasteiger partial charge >= 0.3 is 5.97 Å². The summed E-state index contributed by atoms with van der Waals surface area (Å²) in [7, 11) is 0. The van der Waals surface area contributed by atoms with E-state index >= 15 is 0 Å². The number of hydrogen-bond acceptors (Lipinski definition) is 2. The molecule has 0 spiro atoms. The quantitative estimate of drug-likeness (QED) is 0.843. The predicted octanol–water partition coefficient (Wildman–Crippen LogP) is 2.92. The first-order valence-corrected chi connectivity index (χ1v) is 8.13. The molecule has 2 rings (SSSR count). The maximum atomic E-state index is 12.4. The third-order valence-corrected chi connectivity index (χ3v) is 5.01. The van der Waals surface area contributed by atoms with Gasteiger partial charge in [-0.3, -0.25) is 9.59 Å². The fraction of sp³-hybridized carbons (Fsp3) is 0.875. The van der Waals surface area contributed by atoms with Crippen molar-refractivity contribution in [2.75, 3.05) is 13.1 Å².